The Bertz CT molecular complexity index is 1100. The molecule has 0 atom stereocenters. The molecule has 0 unspecified atom stereocenters. The Hall–Kier alpha value is -3.66. The lowest BCUT2D eigenvalue weighted by Gasteiger charge is -2.31. The van der Waals surface area contributed by atoms with Crippen LogP contribution in [0.25, 0.3) is 6.08 Å². The largest absolute Gasteiger partial charge is 0.496 e. The highest BCUT2D eigenvalue weighted by atomic mass is 19.4. The minimum absolute atomic E-state index is 0.410. The van der Waals surface area contributed by atoms with Crippen LogP contribution in [0.4, 0.5) is 26.3 Å². The molecule has 1 aromatic carbocycles. The number of alkyl halides is 6. The summed E-state index contributed by atoms with van der Waals surface area (Å²) in [4.78, 5) is 20.3. The molecule has 1 aromatic heterocycles. The van der Waals surface area contributed by atoms with Crippen molar-refractivity contribution in [2.24, 2.45) is 5.73 Å². The Morgan fingerprint density at radius 1 is 1.05 bits per heavy atom. The second kappa shape index (κ2) is 14.6. The minimum atomic E-state index is -5.08. The highest BCUT2D eigenvalue weighted by molar-refractivity contribution is 5.73. The number of carboxylic acids is 2. The number of hydrogen-bond donors (Lipinski definition) is 3. The Morgan fingerprint density at radius 2 is 1.55 bits per heavy atom. The molecule has 224 valence electrons. The highest BCUT2D eigenvalue weighted by Crippen LogP contribution is 2.24. The van der Waals surface area contributed by atoms with E-state index in [1.54, 1.807) is 7.11 Å². The van der Waals surface area contributed by atoms with Crippen molar-refractivity contribution in [1.82, 2.24) is 19.9 Å². The molecule has 1 aliphatic heterocycles. The summed E-state index contributed by atoms with van der Waals surface area (Å²) in [6, 6.07) is 8.49. The molecule has 0 radical (unpaired) electrons. The van der Waals surface area contributed by atoms with E-state index >= 15 is 0 Å². The number of rotatable bonds is 6. The first-order valence-corrected chi connectivity index (χ1v) is 11.7. The Kier molecular flexibility index (Phi) is 12.6. The third-order valence-corrected chi connectivity index (χ3v) is 5.39. The van der Waals surface area contributed by atoms with E-state index in [0.717, 1.165) is 49.5 Å². The molecular weight excluding hydrogens is 552 g/mol. The molecule has 0 spiro atoms. The fraction of sp³-hybridized carbons (Fsp3) is 0.500. The molecule has 0 saturated carbocycles. The van der Waals surface area contributed by atoms with Crippen molar-refractivity contribution < 1.29 is 50.9 Å². The third kappa shape index (κ3) is 12.0. The molecular formula is C24H31F6N5O5. The average Bonchev–Trinajstić information content (AvgIpc) is 3.36. The van der Waals surface area contributed by atoms with E-state index in [9.17, 15) is 26.3 Å². The lowest BCUT2D eigenvalue weighted by atomic mass is 10.0. The summed E-state index contributed by atoms with van der Waals surface area (Å²) in [6.07, 6.45) is -1.66. The van der Waals surface area contributed by atoms with Crippen molar-refractivity contribution in [2.75, 3.05) is 26.7 Å². The van der Waals surface area contributed by atoms with E-state index in [2.05, 4.69) is 33.4 Å². The second-order valence-electron chi connectivity index (χ2n) is 9.09. The number of nitrogens with zero attached hydrogens (tertiary/aromatic N) is 4. The van der Waals surface area contributed by atoms with Crippen molar-refractivity contribution in [3.63, 3.8) is 0 Å². The van der Waals surface area contributed by atoms with E-state index in [4.69, 9.17) is 30.3 Å². The molecule has 1 fully saturated rings. The maximum Gasteiger partial charge on any atom is 0.490 e. The number of piperidine rings is 1. The number of halogens is 6. The van der Waals surface area contributed by atoms with Gasteiger partial charge in [0.2, 0.25) is 0 Å². The van der Waals surface area contributed by atoms with Crippen LogP contribution in [-0.2, 0) is 15.1 Å². The van der Waals surface area contributed by atoms with Crippen LogP contribution in [0.3, 0.4) is 0 Å². The molecule has 3 rings (SSSR count). The van der Waals surface area contributed by atoms with Gasteiger partial charge in [-0.1, -0.05) is 35.6 Å². The van der Waals surface area contributed by atoms with E-state index in [-0.39, 0.29) is 0 Å². The molecule has 2 aromatic rings. The van der Waals surface area contributed by atoms with Gasteiger partial charge in [0.1, 0.15) is 11.4 Å². The summed E-state index contributed by atoms with van der Waals surface area (Å²) in [6.45, 7) is 6.98. The fourth-order valence-electron chi connectivity index (χ4n) is 3.25. The fourth-order valence-corrected chi connectivity index (χ4v) is 3.25. The number of likely N-dealkylation sites (tertiary alicyclic amines) is 1. The predicted octanol–water partition coefficient (Wildman–Crippen LogP) is 4.10. The van der Waals surface area contributed by atoms with Gasteiger partial charge in [0.15, 0.2) is 0 Å². The number of nitrogens with two attached hydrogens (primary N) is 1. The maximum absolute atomic E-state index is 10.6. The van der Waals surface area contributed by atoms with Gasteiger partial charge in [0, 0.05) is 25.2 Å². The van der Waals surface area contributed by atoms with Gasteiger partial charge >= 0.3 is 24.3 Å². The maximum atomic E-state index is 10.6. The predicted molar refractivity (Wildman–Crippen MR) is 131 cm³/mol. The summed E-state index contributed by atoms with van der Waals surface area (Å²) in [5.41, 5.74) is 7.62. The standard InChI is InChI=1S/C20H29N5O.2C2HF3O2/c1-20(2,21)19-15-25(23-22-19)17-10-13-24(14-11-17)12-6-8-16-7-4-5-9-18(16)26-3;2*3-2(4,5)1(6)7/h4-9,15,17H,10-14,21H2,1-3H3;2*(H,6,7)/b8-6+;;. The zero-order valence-electron chi connectivity index (χ0n) is 21.9. The van der Waals surface area contributed by atoms with Crippen molar-refractivity contribution in [2.45, 2.75) is 50.6 Å². The lowest BCUT2D eigenvalue weighted by molar-refractivity contribution is -0.193. The molecule has 0 aliphatic carbocycles. The van der Waals surface area contributed by atoms with Crippen LogP contribution in [0.2, 0.25) is 0 Å². The van der Waals surface area contributed by atoms with E-state index in [1.165, 1.54) is 0 Å². The molecule has 0 bridgehead atoms. The van der Waals surface area contributed by atoms with Gasteiger partial charge in [-0.05, 0) is 32.8 Å². The molecule has 10 nitrogen and oxygen atoms in total. The number of aliphatic carboxylic acids is 2. The topological polar surface area (TPSA) is 144 Å². The van der Waals surface area contributed by atoms with Gasteiger partial charge in [0.05, 0.1) is 24.9 Å². The molecule has 1 aliphatic rings. The van der Waals surface area contributed by atoms with Crippen molar-refractivity contribution in [1.29, 1.82) is 0 Å². The number of carboxylic acid groups (broad SMARTS) is 2. The minimum Gasteiger partial charge on any atom is -0.496 e. The van der Waals surface area contributed by atoms with E-state index in [0.29, 0.717) is 6.04 Å². The Morgan fingerprint density at radius 3 is 1.98 bits per heavy atom. The van der Waals surface area contributed by atoms with Crippen LogP contribution in [0.1, 0.15) is 44.0 Å². The van der Waals surface area contributed by atoms with Gasteiger partial charge in [-0.2, -0.15) is 26.3 Å². The SMILES string of the molecule is COc1ccccc1/C=C/CN1CCC(n2cc(C(C)(C)N)nn2)CC1.O=C(O)C(F)(F)F.O=C(O)C(F)(F)F. The first-order valence-electron chi connectivity index (χ1n) is 11.7. The smallest absolute Gasteiger partial charge is 0.490 e. The molecule has 1 saturated heterocycles. The first kappa shape index (κ1) is 34.4. The Balaban J connectivity index is 0.000000473. The molecule has 2 heterocycles. The van der Waals surface area contributed by atoms with Gasteiger partial charge in [0.25, 0.3) is 0 Å². The zero-order chi connectivity index (χ0) is 30.7. The zero-order valence-corrected chi connectivity index (χ0v) is 21.9. The van der Waals surface area contributed by atoms with Gasteiger partial charge in [-0.15, -0.1) is 5.10 Å². The van der Waals surface area contributed by atoms with Crippen LogP contribution in [0.15, 0.2) is 36.5 Å². The molecule has 40 heavy (non-hydrogen) atoms. The van der Waals surface area contributed by atoms with Crippen LogP contribution in [0.5, 0.6) is 5.75 Å². The van der Waals surface area contributed by atoms with E-state index in [1.807, 2.05) is 42.9 Å². The summed E-state index contributed by atoms with van der Waals surface area (Å²) >= 11 is 0. The summed E-state index contributed by atoms with van der Waals surface area (Å²) in [5.74, 6) is -4.60. The quantitative estimate of drug-likeness (QED) is 0.428. The second-order valence-corrected chi connectivity index (χ2v) is 9.09. The molecule has 4 N–H and O–H groups in total. The molecule has 16 heteroatoms. The third-order valence-electron chi connectivity index (χ3n) is 5.39. The van der Waals surface area contributed by atoms with Crippen molar-refractivity contribution in [3.8, 4) is 5.75 Å². The van der Waals surface area contributed by atoms with Crippen LogP contribution >= 0.6 is 0 Å². The lowest BCUT2D eigenvalue weighted by Crippen LogP contribution is -2.35. The van der Waals surface area contributed by atoms with Crippen LogP contribution < -0.4 is 10.5 Å². The summed E-state index contributed by atoms with van der Waals surface area (Å²) in [7, 11) is 1.71. The van der Waals surface area contributed by atoms with Gasteiger partial charge in [-0.25, -0.2) is 14.3 Å². The van der Waals surface area contributed by atoms with Crippen molar-refractivity contribution in [3.05, 3.63) is 47.8 Å². The van der Waals surface area contributed by atoms with Gasteiger partial charge in [-0.3, -0.25) is 4.90 Å². The van der Waals surface area contributed by atoms with E-state index < -0.39 is 29.8 Å². The number of ether oxygens (including phenoxy) is 1. The highest BCUT2D eigenvalue weighted by Gasteiger charge is 2.38. The normalized spacial score (nSPS) is 15.1. The van der Waals surface area contributed by atoms with Gasteiger partial charge < -0.3 is 20.7 Å². The number of para-hydroxylation sites is 1. The van der Waals surface area contributed by atoms with Crippen molar-refractivity contribution >= 4 is 18.0 Å². The number of methoxy groups -OCH3 is 1. The summed E-state index contributed by atoms with van der Waals surface area (Å²) in [5, 5.41) is 22.8. The Labute approximate surface area is 226 Å². The number of hydrogen-bond acceptors (Lipinski definition) is 7. The monoisotopic (exact) mass is 583 g/mol. The number of carbonyl (C=O) groups is 2. The van der Waals surface area contributed by atoms with Crippen LogP contribution in [-0.4, -0.2) is 81.1 Å². The number of benzene rings is 1. The number of aromatic nitrogens is 3. The first-order chi connectivity index (χ1) is 18.4. The van der Waals surface area contributed by atoms with Crippen LogP contribution in [0, 0.1) is 0 Å². The molecule has 0 amide bonds. The average molecular weight is 584 g/mol. The summed E-state index contributed by atoms with van der Waals surface area (Å²) < 4.78 is 70.9.